The van der Waals surface area contributed by atoms with Gasteiger partial charge in [0, 0.05) is 0 Å². The van der Waals surface area contributed by atoms with Gasteiger partial charge in [-0.1, -0.05) is 11.6 Å². The average Bonchev–Trinajstić information content (AvgIpc) is 2.98. The van der Waals surface area contributed by atoms with E-state index in [1.807, 2.05) is 13.0 Å². The maximum atomic E-state index is 5.35. The van der Waals surface area contributed by atoms with Crippen LogP contribution < -0.4 is 5.32 Å². The Morgan fingerprint density at radius 1 is 1.41 bits per heavy atom. The molecule has 2 aromatic heterocycles. The minimum atomic E-state index is 0.195. The first-order chi connectivity index (χ1) is 8.34. The smallest absolute Gasteiger partial charge is 0.244 e. The highest BCUT2D eigenvalue weighted by Crippen LogP contribution is 2.25. The first-order valence-electron chi connectivity index (χ1n) is 5.96. The van der Waals surface area contributed by atoms with Gasteiger partial charge in [0.25, 0.3) is 0 Å². The second-order valence-corrected chi connectivity index (χ2v) is 4.39. The monoisotopic (exact) mass is 233 g/mol. The van der Waals surface area contributed by atoms with Crippen molar-refractivity contribution in [3.05, 3.63) is 23.8 Å². The fourth-order valence-corrected chi connectivity index (χ4v) is 2.13. The van der Waals surface area contributed by atoms with Crippen molar-refractivity contribution in [2.75, 3.05) is 6.54 Å². The van der Waals surface area contributed by atoms with Crippen LogP contribution in [0.3, 0.4) is 0 Å². The molecular weight excluding hydrogens is 218 g/mol. The number of nitrogens with one attached hydrogen (secondary N) is 1. The second-order valence-electron chi connectivity index (χ2n) is 4.39. The van der Waals surface area contributed by atoms with Crippen molar-refractivity contribution >= 4 is 0 Å². The molecular formula is C12H15N3O2. The molecule has 3 rings (SSSR count). The molecule has 0 bridgehead atoms. The SMILES string of the molecule is Cc1ccoc1-c1noc(C2CCCCN2)n1. The average molecular weight is 233 g/mol. The Morgan fingerprint density at radius 2 is 2.35 bits per heavy atom. The molecule has 1 saturated heterocycles. The predicted octanol–water partition coefficient (Wildman–Crippen LogP) is 2.45. The van der Waals surface area contributed by atoms with Gasteiger partial charge in [-0.15, -0.1) is 0 Å². The van der Waals surface area contributed by atoms with Gasteiger partial charge in [-0.05, 0) is 37.9 Å². The third-order valence-electron chi connectivity index (χ3n) is 3.12. The van der Waals surface area contributed by atoms with Gasteiger partial charge >= 0.3 is 0 Å². The third-order valence-corrected chi connectivity index (χ3v) is 3.12. The van der Waals surface area contributed by atoms with E-state index in [-0.39, 0.29) is 6.04 Å². The molecule has 0 saturated carbocycles. The van der Waals surface area contributed by atoms with Crippen molar-refractivity contribution in [2.45, 2.75) is 32.2 Å². The molecule has 0 amide bonds. The van der Waals surface area contributed by atoms with Gasteiger partial charge in [0.2, 0.25) is 11.7 Å². The first-order valence-corrected chi connectivity index (χ1v) is 5.96. The number of aromatic nitrogens is 2. The largest absolute Gasteiger partial charge is 0.461 e. The second kappa shape index (κ2) is 4.33. The summed E-state index contributed by atoms with van der Waals surface area (Å²) in [5, 5.41) is 7.36. The predicted molar refractivity (Wildman–Crippen MR) is 61.3 cm³/mol. The topological polar surface area (TPSA) is 64.1 Å². The van der Waals surface area contributed by atoms with Crippen LogP contribution in [0.15, 0.2) is 21.3 Å². The highest BCUT2D eigenvalue weighted by Gasteiger charge is 2.22. The molecule has 5 heteroatoms. The van der Waals surface area contributed by atoms with E-state index >= 15 is 0 Å². The Balaban J connectivity index is 1.85. The van der Waals surface area contributed by atoms with E-state index in [1.165, 1.54) is 12.8 Å². The molecule has 0 aromatic carbocycles. The molecule has 0 radical (unpaired) electrons. The fourth-order valence-electron chi connectivity index (χ4n) is 2.13. The molecule has 2 aromatic rings. The molecule has 1 aliphatic heterocycles. The van der Waals surface area contributed by atoms with E-state index in [1.54, 1.807) is 6.26 Å². The normalized spacial score (nSPS) is 20.6. The van der Waals surface area contributed by atoms with Crippen molar-refractivity contribution in [1.82, 2.24) is 15.5 Å². The van der Waals surface area contributed by atoms with Crippen LogP contribution in [0.5, 0.6) is 0 Å². The van der Waals surface area contributed by atoms with Gasteiger partial charge in [0.05, 0.1) is 12.3 Å². The van der Waals surface area contributed by atoms with E-state index in [4.69, 9.17) is 8.94 Å². The summed E-state index contributed by atoms with van der Waals surface area (Å²) < 4.78 is 10.6. The number of rotatable bonds is 2. The Bertz CT molecular complexity index is 497. The van der Waals surface area contributed by atoms with Crippen molar-refractivity contribution in [3.8, 4) is 11.6 Å². The molecule has 1 N–H and O–H groups in total. The quantitative estimate of drug-likeness (QED) is 0.863. The lowest BCUT2D eigenvalue weighted by molar-refractivity contribution is 0.297. The standard InChI is InChI=1S/C12H15N3O2/c1-8-5-7-16-10(8)11-14-12(17-15-11)9-4-2-3-6-13-9/h5,7,9,13H,2-4,6H2,1H3. The minimum Gasteiger partial charge on any atom is -0.461 e. The summed E-state index contributed by atoms with van der Waals surface area (Å²) in [6.07, 6.45) is 5.11. The zero-order valence-corrected chi connectivity index (χ0v) is 9.77. The molecule has 90 valence electrons. The van der Waals surface area contributed by atoms with Crippen LogP contribution in [0, 0.1) is 6.92 Å². The van der Waals surface area contributed by atoms with Crippen LogP contribution in [0.25, 0.3) is 11.6 Å². The maximum absolute atomic E-state index is 5.35. The van der Waals surface area contributed by atoms with Crippen molar-refractivity contribution in [2.24, 2.45) is 0 Å². The molecule has 1 atom stereocenters. The fraction of sp³-hybridized carbons (Fsp3) is 0.500. The van der Waals surface area contributed by atoms with E-state index in [0.29, 0.717) is 17.5 Å². The summed E-state index contributed by atoms with van der Waals surface area (Å²) in [6, 6.07) is 2.09. The maximum Gasteiger partial charge on any atom is 0.244 e. The zero-order valence-electron chi connectivity index (χ0n) is 9.77. The van der Waals surface area contributed by atoms with Gasteiger partial charge in [-0.2, -0.15) is 4.98 Å². The summed E-state index contributed by atoms with van der Waals surface area (Å²) in [4.78, 5) is 4.40. The van der Waals surface area contributed by atoms with Crippen molar-refractivity contribution in [1.29, 1.82) is 0 Å². The third kappa shape index (κ3) is 1.98. The van der Waals surface area contributed by atoms with Crippen molar-refractivity contribution in [3.63, 3.8) is 0 Å². The molecule has 3 heterocycles. The van der Waals surface area contributed by atoms with Crippen molar-refractivity contribution < 1.29 is 8.94 Å². The molecule has 1 unspecified atom stereocenters. The number of piperidine rings is 1. The summed E-state index contributed by atoms with van der Waals surface area (Å²) in [5.74, 6) is 1.89. The van der Waals surface area contributed by atoms with Crippen LogP contribution in [0.1, 0.15) is 36.8 Å². The van der Waals surface area contributed by atoms with Gasteiger partial charge < -0.3 is 14.3 Å². The van der Waals surface area contributed by atoms with E-state index in [9.17, 15) is 0 Å². The molecule has 1 aliphatic rings. The minimum absolute atomic E-state index is 0.195. The Morgan fingerprint density at radius 3 is 3.06 bits per heavy atom. The number of nitrogens with zero attached hydrogens (tertiary/aromatic N) is 2. The summed E-state index contributed by atoms with van der Waals surface area (Å²) in [6.45, 7) is 2.98. The summed E-state index contributed by atoms with van der Waals surface area (Å²) >= 11 is 0. The van der Waals surface area contributed by atoms with E-state index in [0.717, 1.165) is 18.5 Å². The van der Waals surface area contributed by atoms with Crippen LogP contribution >= 0.6 is 0 Å². The van der Waals surface area contributed by atoms with Crippen LogP contribution in [0.4, 0.5) is 0 Å². The molecule has 0 spiro atoms. The summed E-state index contributed by atoms with van der Waals surface area (Å²) in [7, 11) is 0. The lowest BCUT2D eigenvalue weighted by Gasteiger charge is -2.19. The zero-order chi connectivity index (χ0) is 11.7. The molecule has 5 nitrogen and oxygen atoms in total. The lowest BCUT2D eigenvalue weighted by atomic mass is 10.1. The number of hydrogen-bond donors (Lipinski definition) is 1. The van der Waals surface area contributed by atoms with E-state index in [2.05, 4.69) is 15.5 Å². The molecule has 1 fully saturated rings. The van der Waals surface area contributed by atoms with Crippen LogP contribution in [-0.4, -0.2) is 16.7 Å². The van der Waals surface area contributed by atoms with Crippen LogP contribution in [-0.2, 0) is 0 Å². The first kappa shape index (κ1) is 10.5. The van der Waals surface area contributed by atoms with Gasteiger partial charge in [-0.25, -0.2) is 0 Å². The highest BCUT2D eigenvalue weighted by atomic mass is 16.5. The Labute approximate surface area is 99.2 Å². The van der Waals surface area contributed by atoms with Crippen LogP contribution in [0.2, 0.25) is 0 Å². The number of hydrogen-bond acceptors (Lipinski definition) is 5. The number of furan rings is 1. The van der Waals surface area contributed by atoms with Gasteiger partial charge in [-0.3, -0.25) is 0 Å². The molecule has 0 aliphatic carbocycles. The lowest BCUT2D eigenvalue weighted by Crippen LogP contribution is -2.26. The summed E-state index contributed by atoms with van der Waals surface area (Å²) in [5.41, 5.74) is 1.02. The highest BCUT2D eigenvalue weighted by molar-refractivity contribution is 5.51. The Kier molecular flexibility index (Phi) is 2.68. The van der Waals surface area contributed by atoms with Gasteiger partial charge in [0.1, 0.15) is 0 Å². The van der Waals surface area contributed by atoms with E-state index < -0.39 is 0 Å². The molecule has 17 heavy (non-hydrogen) atoms. The Hall–Kier alpha value is -1.62. The number of aryl methyl sites for hydroxylation is 1. The van der Waals surface area contributed by atoms with Gasteiger partial charge in [0.15, 0.2) is 5.76 Å².